The number of aromatic nitrogens is 3. The number of terminal acetylenes is 1. The third kappa shape index (κ3) is 6.76. The zero-order chi connectivity index (χ0) is 26.2. The molecule has 0 radical (unpaired) electrons. The van der Waals surface area contributed by atoms with Crippen LogP contribution in [0.25, 0.3) is 16.8 Å². The van der Waals surface area contributed by atoms with Gasteiger partial charge in [0, 0.05) is 17.5 Å². The lowest BCUT2D eigenvalue weighted by molar-refractivity contribution is 0.0492. The molecule has 4 rings (SSSR count). The smallest absolute Gasteiger partial charge is 0.367 e. The Kier molecular flexibility index (Phi) is 9.32. The number of carbonyl (C=O) groups is 1. The molecule has 3 heterocycles. The lowest BCUT2D eigenvalue weighted by Crippen LogP contribution is -2.22. The summed E-state index contributed by atoms with van der Waals surface area (Å²) in [6.07, 6.45) is 21.1. The normalized spacial score (nSPS) is 17.7. The lowest BCUT2D eigenvalue weighted by Gasteiger charge is -2.21. The van der Waals surface area contributed by atoms with E-state index in [0.717, 1.165) is 47.4 Å². The number of fused-ring (bicyclic) bond motifs is 1. The van der Waals surface area contributed by atoms with Crippen LogP contribution in [0.4, 0.5) is 0 Å². The van der Waals surface area contributed by atoms with Crippen molar-refractivity contribution < 1.29 is 9.53 Å². The van der Waals surface area contributed by atoms with E-state index in [1.807, 2.05) is 43.5 Å². The van der Waals surface area contributed by atoms with E-state index in [-0.39, 0.29) is 17.7 Å². The van der Waals surface area contributed by atoms with Gasteiger partial charge in [0.25, 0.3) is 0 Å². The highest BCUT2D eigenvalue weighted by molar-refractivity contribution is 7.18. The SMILES string of the molecule is C#CCC(/C=C\C)=NC(COC(=O)c1nc(-c2cnn3ccccc23)c(Cl)s1)C1=CCC(C)CCCC1. The summed E-state index contributed by atoms with van der Waals surface area (Å²) in [4.78, 5) is 22.5. The van der Waals surface area contributed by atoms with E-state index in [9.17, 15) is 4.79 Å². The molecule has 3 aromatic heterocycles. The highest BCUT2D eigenvalue weighted by atomic mass is 35.5. The van der Waals surface area contributed by atoms with E-state index in [1.165, 1.54) is 18.4 Å². The molecule has 1 aliphatic carbocycles. The summed E-state index contributed by atoms with van der Waals surface area (Å²) in [6, 6.07) is 5.46. The maximum absolute atomic E-state index is 13.1. The average Bonchev–Trinajstić information content (AvgIpc) is 3.48. The number of pyridine rings is 1. The lowest BCUT2D eigenvalue weighted by atomic mass is 9.90. The fraction of sp³-hybridized carbons (Fsp3) is 0.379. The van der Waals surface area contributed by atoms with Gasteiger partial charge in [-0.05, 0) is 55.9 Å². The van der Waals surface area contributed by atoms with Crippen molar-refractivity contribution in [3.05, 3.63) is 63.7 Å². The van der Waals surface area contributed by atoms with E-state index in [0.29, 0.717) is 22.4 Å². The summed E-state index contributed by atoms with van der Waals surface area (Å²) >= 11 is 7.61. The first-order chi connectivity index (χ1) is 18.0. The van der Waals surface area contributed by atoms with Crippen molar-refractivity contribution in [3.8, 4) is 23.6 Å². The average molecular weight is 535 g/mol. The molecule has 3 aromatic rings. The van der Waals surface area contributed by atoms with Crippen LogP contribution in [-0.4, -0.2) is 38.9 Å². The Balaban J connectivity index is 1.56. The van der Waals surface area contributed by atoms with E-state index < -0.39 is 5.97 Å². The number of hydrogen-bond donors (Lipinski definition) is 0. The van der Waals surface area contributed by atoms with Crippen LogP contribution in [0.1, 0.15) is 62.2 Å². The number of aliphatic imine (C=N–C) groups is 1. The van der Waals surface area contributed by atoms with E-state index in [4.69, 9.17) is 27.8 Å². The van der Waals surface area contributed by atoms with Gasteiger partial charge in [-0.2, -0.15) is 5.10 Å². The molecule has 0 spiro atoms. The van der Waals surface area contributed by atoms with Crippen LogP contribution in [0.15, 0.2) is 59.4 Å². The van der Waals surface area contributed by atoms with Gasteiger partial charge < -0.3 is 4.74 Å². The number of ether oxygens (including phenoxy) is 1. The second-order valence-electron chi connectivity index (χ2n) is 9.21. The predicted octanol–water partition coefficient (Wildman–Crippen LogP) is 7.20. The molecular formula is C29H31ClN4O2S. The molecular weight excluding hydrogens is 504 g/mol. The Hall–Kier alpha value is -3.21. The summed E-state index contributed by atoms with van der Waals surface area (Å²) in [5.41, 5.74) is 4.15. The molecule has 0 fully saturated rings. The first-order valence-corrected chi connectivity index (χ1v) is 13.8. The van der Waals surface area contributed by atoms with Gasteiger partial charge in [-0.15, -0.1) is 12.3 Å². The minimum Gasteiger partial charge on any atom is -0.458 e. The first kappa shape index (κ1) is 26.8. The zero-order valence-electron chi connectivity index (χ0n) is 21.2. The Morgan fingerprint density at radius 2 is 2.30 bits per heavy atom. The second kappa shape index (κ2) is 12.8. The summed E-state index contributed by atoms with van der Waals surface area (Å²) in [5.74, 6) is 2.79. The number of allylic oxidation sites excluding steroid dienone is 3. The van der Waals surface area contributed by atoms with Crippen LogP contribution in [0.2, 0.25) is 4.34 Å². The van der Waals surface area contributed by atoms with Crippen LogP contribution in [-0.2, 0) is 4.74 Å². The third-order valence-electron chi connectivity index (χ3n) is 6.40. The fourth-order valence-corrected chi connectivity index (χ4v) is 5.52. The second-order valence-corrected chi connectivity index (χ2v) is 10.8. The number of carbonyl (C=O) groups excluding carboxylic acids is 1. The summed E-state index contributed by atoms with van der Waals surface area (Å²) < 4.78 is 7.94. The van der Waals surface area contributed by atoms with Crippen molar-refractivity contribution in [2.75, 3.05) is 6.61 Å². The minimum absolute atomic E-state index is 0.119. The summed E-state index contributed by atoms with van der Waals surface area (Å²) in [5, 5.41) is 4.55. The van der Waals surface area contributed by atoms with Crippen molar-refractivity contribution in [1.82, 2.24) is 14.6 Å². The molecule has 37 heavy (non-hydrogen) atoms. The summed E-state index contributed by atoms with van der Waals surface area (Å²) in [6.45, 7) is 4.33. The highest BCUT2D eigenvalue weighted by Crippen LogP contribution is 2.35. The van der Waals surface area contributed by atoms with Gasteiger partial charge in [0.05, 0.1) is 18.1 Å². The van der Waals surface area contributed by atoms with Crippen LogP contribution in [0.3, 0.4) is 0 Å². The van der Waals surface area contributed by atoms with Crippen molar-refractivity contribution >= 4 is 40.1 Å². The van der Waals surface area contributed by atoms with Crippen LogP contribution in [0.5, 0.6) is 0 Å². The zero-order valence-corrected chi connectivity index (χ0v) is 22.8. The number of esters is 1. The predicted molar refractivity (Wildman–Crippen MR) is 151 cm³/mol. The van der Waals surface area contributed by atoms with E-state index >= 15 is 0 Å². The molecule has 0 saturated carbocycles. The van der Waals surface area contributed by atoms with Crippen LogP contribution in [0, 0.1) is 18.3 Å². The van der Waals surface area contributed by atoms with Gasteiger partial charge in [0.2, 0.25) is 5.01 Å². The molecule has 0 bridgehead atoms. The Morgan fingerprint density at radius 3 is 3.11 bits per heavy atom. The third-order valence-corrected chi connectivity index (χ3v) is 7.64. The Morgan fingerprint density at radius 1 is 1.43 bits per heavy atom. The quantitative estimate of drug-likeness (QED) is 0.132. The fourth-order valence-electron chi connectivity index (χ4n) is 4.46. The van der Waals surface area contributed by atoms with Gasteiger partial charge in [-0.3, -0.25) is 4.99 Å². The topological polar surface area (TPSA) is 68.8 Å². The molecule has 0 saturated heterocycles. The van der Waals surface area contributed by atoms with E-state index in [2.05, 4.69) is 29.0 Å². The molecule has 0 aromatic carbocycles. The molecule has 1 aliphatic rings. The summed E-state index contributed by atoms with van der Waals surface area (Å²) in [7, 11) is 0. The van der Waals surface area contributed by atoms with Gasteiger partial charge in [0.1, 0.15) is 22.7 Å². The van der Waals surface area contributed by atoms with Crippen LogP contribution >= 0.6 is 22.9 Å². The number of thiazole rings is 1. The molecule has 0 aliphatic heterocycles. The van der Waals surface area contributed by atoms with Gasteiger partial charge in [-0.1, -0.05) is 60.9 Å². The van der Waals surface area contributed by atoms with Crippen molar-refractivity contribution in [2.45, 2.75) is 58.4 Å². The number of halogens is 1. The molecule has 8 heteroatoms. The molecule has 2 atom stereocenters. The number of nitrogens with zero attached hydrogens (tertiary/aromatic N) is 4. The Labute approximate surface area is 227 Å². The van der Waals surface area contributed by atoms with Crippen LogP contribution < -0.4 is 0 Å². The maximum atomic E-state index is 13.1. The monoisotopic (exact) mass is 534 g/mol. The van der Waals surface area contributed by atoms with Crippen molar-refractivity contribution in [3.63, 3.8) is 0 Å². The van der Waals surface area contributed by atoms with Gasteiger partial charge in [0.15, 0.2) is 0 Å². The molecule has 192 valence electrons. The standard InChI is InChI=1S/C29H31ClN4O2S/c1-4-10-22(11-5-2)32-24(21-13-7-6-12-20(3)15-16-21)19-36-29(35)28-33-26(27(30)37-28)23-18-31-34-17-9-8-14-25(23)34/h1,5,8-9,11,14,16-18,20,24H,6-7,10,12-13,15,19H2,2-3H3/b11-5-,21-16?,32-22?. The highest BCUT2D eigenvalue weighted by Gasteiger charge is 2.23. The van der Waals surface area contributed by atoms with Gasteiger partial charge >= 0.3 is 5.97 Å². The largest absolute Gasteiger partial charge is 0.458 e. The number of hydrogen-bond acceptors (Lipinski definition) is 6. The van der Waals surface area contributed by atoms with E-state index in [1.54, 1.807) is 10.7 Å². The van der Waals surface area contributed by atoms with Crippen molar-refractivity contribution in [1.29, 1.82) is 0 Å². The molecule has 6 nitrogen and oxygen atoms in total. The Bertz CT molecular complexity index is 1380. The molecule has 0 N–H and O–H groups in total. The number of rotatable bonds is 8. The van der Waals surface area contributed by atoms with Gasteiger partial charge in [-0.25, -0.2) is 14.3 Å². The minimum atomic E-state index is -0.515. The molecule has 0 amide bonds. The maximum Gasteiger partial charge on any atom is 0.367 e. The van der Waals surface area contributed by atoms with Crippen molar-refractivity contribution in [2.24, 2.45) is 10.9 Å². The first-order valence-electron chi connectivity index (χ1n) is 12.6. The molecule has 2 unspecified atom stereocenters.